The normalized spacial score (nSPS) is 12.5. The first-order chi connectivity index (χ1) is 9.47. The lowest BCUT2D eigenvalue weighted by atomic mass is 10.1. The molecule has 0 radical (unpaired) electrons. The fourth-order valence-electron chi connectivity index (χ4n) is 2.33. The summed E-state index contributed by atoms with van der Waals surface area (Å²) in [6.45, 7) is 10.6. The number of para-hydroxylation sites is 2. The highest BCUT2D eigenvalue weighted by Gasteiger charge is 2.13. The molecule has 0 aliphatic heterocycles. The van der Waals surface area contributed by atoms with Crippen LogP contribution in [0.5, 0.6) is 5.75 Å². The van der Waals surface area contributed by atoms with Gasteiger partial charge in [0.2, 0.25) is 0 Å². The molecule has 1 aromatic carbocycles. The summed E-state index contributed by atoms with van der Waals surface area (Å²) in [4.78, 5) is 2.74. The number of ether oxygens (including phenoxy) is 1. The Balaban J connectivity index is 2.19. The minimum atomic E-state index is 0.179. The van der Waals surface area contributed by atoms with E-state index in [-0.39, 0.29) is 12.1 Å². The van der Waals surface area contributed by atoms with Crippen molar-refractivity contribution in [2.75, 3.05) is 5.32 Å². The van der Waals surface area contributed by atoms with Crippen LogP contribution in [0.15, 0.2) is 30.3 Å². The SMILES string of the molecule is Cc1cc(C(C)Nc2ccccc2OC(C)C)c(C)s1. The molecular weight excluding hydrogens is 266 g/mol. The standard InChI is InChI=1S/C17H23NOS/c1-11(2)19-17-9-7-6-8-16(17)18-13(4)15-10-12(3)20-14(15)5/h6-11,13,18H,1-5H3. The summed E-state index contributed by atoms with van der Waals surface area (Å²) < 4.78 is 5.86. The van der Waals surface area contributed by atoms with E-state index in [1.54, 1.807) is 0 Å². The highest BCUT2D eigenvalue weighted by molar-refractivity contribution is 7.12. The Labute approximate surface area is 125 Å². The molecule has 1 atom stereocenters. The number of aryl methyl sites for hydroxylation is 2. The van der Waals surface area contributed by atoms with Crippen molar-refractivity contribution >= 4 is 17.0 Å². The molecule has 0 saturated carbocycles. The zero-order valence-corrected chi connectivity index (χ0v) is 13.7. The minimum absolute atomic E-state index is 0.179. The molecule has 2 aromatic rings. The number of thiophene rings is 1. The van der Waals surface area contributed by atoms with Gasteiger partial charge in [0, 0.05) is 15.8 Å². The minimum Gasteiger partial charge on any atom is -0.489 e. The van der Waals surface area contributed by atoms with E-state index >= 15 is 0 Å². The molecule has 0 fully saturated rings. The lowest BCUT2D eigenvalue weighted by Crippen LogP contribution is -2.11. The predicted octanol–water partition coefficient (Wildman–Crippen LogP) is 5.33. The van der Waals surface area contributed by atoms with Gasteiger partial charge in [-0.05, 0) is 58.4 Å². The van der Waals surface area contributed by atoms with Gasteiger partial charge in [-0.1, -0.05) is 12.1 Å². The average molecular weight is 289 g/mol. The molecule has 108 valence electrons. The molecule has 1 unspecified atom stereocenters. The Hall–Kier alpha value is -1.48. The number of benzene rings is 1. The number of hydrogen-bond acceptors (Lipinski definition) is 3. The zero-order valence-electron chi connectivity index (χ0n) is 12.9. The first kappa shape index (κ1) is 14.9. The first-order valence-electron chi connectivity index (χ1n) is 7.06. The Morgan fingerprint density at radius 3 is 2.40 bits per heavy atom. The van der Waals surface area contributed by atoms with Gasteiger partial charge in [-0.15, -0.1) is 11.3 Å². The monoisotopic (exact) mass is 289 g/mol. The molecule has 1 N–H and O–H groups in total. The molecule has 20 heavy (non-hydrogen) atoms. The van der Waals surface area contributed by atoms with Crippen LogP contribution in [0, 0.1) is 13.8 Å². The highest BCUT2D eigenvalue weighted by Crippen LogP contribution is 2.32. The van der Waals surface area contributed by atoms with Gasteiger partial charge in [-0.2, -0.15) is 0 Å². The summed E-state index contributed by atoms with van der Waals surface area (Å²) >= 11 is 1.85. The first-order valence-corrected chi connectivity index (χ1v) is 7.88. The van der Waals surface area contributed by atoms with E-state index in [9.17, 15) is 0 Å². The molecule has 2 nitrogen and oxygen atoms in total. The van der Waals surface area contributed by atoms with Crippen LogP contribution in [-0.2, 0) is 0 Å². The summed E-state index contributed by atoms with van der Waals surface area (Å²) in [5.74, 6) is 0.916. The smallest absolute Gasteiger partial charge is 0.142 e. The topological polar surface area (TPSA) is 21.3 Å². The second kappa shape index (κ2) is 6.31. The second-order valence-electron chi connectivity index (χ2n) is 5.40. The fourth-order valence-corrected chi connectivity index (χ4v) is 3.36. The molecule has 0 saturated heterocycles. The Morgan fingerprint density at radius 1 is 1.10 bits per heavy atom. The van der Waals surface area contributed by atoms with E-state index in [1.807, 2.05) is 43.4 Å². The molecule has 0 bridgehead atoms. The van der Waals surface area contributed by atoms with Crippen molar-refractivity contribution in [2.45, 2.75) is 46.8 Å². The third-order valence-corrected chi connectivity index (χ3v) is 4.15. The summed E-state index contributed by atoms with van der Waals surface area (Å²) in [6, 6.07) is 10.7. The third-order valence-electron chi connectivity index (χ3n) is 3.17. The van der Waals surface area contributed by atoms with E-state index in [0.717, 1.165) is 11.4 Å². The number of rotatable bonds is 5. The quantitative estimate of drug-likeness (QED) is 0.803. The molecule has 3 heteroatoms. The van der Waals surface area contributed by atoms with Crippen LogP contribution in [0.3, 0.4) is 0 Å². The maximum Gasteiger partial charge on any atom is 0.142 e. The maximum absolute atomic E-state index is 5.86. The van der Waals surface area contributed by atoms with Gasteiger partial charge in [-0.25, -0.2) is 0 Å². The van der Waals surface area contributed by atoms with Crippen molar-refractivity contribution in [1.82, 2.24) is 0 Å². The summed E-state index contributed by atoms with van der Waals surface area (Å²) in [5, 5.41) is 3.57. The lowest BCUT2D eigenvalue weighted by Gasteiger charge is -2.19. The van der Waals surface area contributed by atoms with Gasteiger partial charge in [0.25, 0.3) is 0 Å². The van der Waals surface area contributed by atoms with Crippen molar-refractivity contribution in [1.29, 1.82) is 0 Å². The van der Waals surface area contributed by atoms with Crippen LogP contribution < -0.4 is 10.1 Å². The summed E-state index contributed by atoms with van der Waals surface area (Å²) in [6.07, 6.45) is 0.179. The molecule has 2 rings (SSSR count). The number of anilines is 1. The van der Waals surface area contributed by atoms with E-state index in [1.165, 1.54) is 15.3 Å². The van der Waals surface area contributed by atoms with Crippen LogP contribution in [0.25, 0.3) is 0 Å². The van der Waals surface area contributed by atoms with Gasteiger partial charge in [-0.3, -0.25) is 0 Å². The average Bonchev–Trinajstić information content (AvgIpc) is 2.70. The molecule has 1 aromatic heterocycles. The van der Waals surface area contributed by atoms with Gasteiger partial charge in [0.1, 0.15) is 5.75 Å². The Morgan fingerprint density at radius 2 is 1.80 bits per heavy atom. The highest BCUT2D eigenvalue weighted by atomic mass is 32.1. The van der Waals surface area contributed by atoms with Crippen molar-refractivity contribution < 1.29 is 4.74 Å². The fraction of sp³-hybridized carbons (Fsp3) is 0.412. The van der Waals surface area contributed by atoms with E-state index < -0.39 is 0 Å². The van der Waals surface area contributed by atoms with Crippen molar-refractivity contribution in [3.05, 3.63) is 45.6 Å². The Kier molecular flexibility index (Phi) is 4.71. The Bertz CT molecular complexity index is 574. The second-order valence-corrected chi connectivity index (χ2v) is 6.86. The zero-order chi connectivity index (χ0) is 14.7. The maximum atomic E-state index is 5.86. The number of hydrogen-bond donors (Lipinski definition) is 1. The molecule has 0 spiro atoms. The van der Waals surface area contributed by atoms with E-state index in [2.05, 4.69) is 38.2 Å². The van der Waals surface area contributed by atoms with Crippen molar-refractivity contribution in [3.8, 4) is 5.75 Å². The van der Waals surface area contributed by atoms with Crippen LogP contribution in [0.2, 0.25) is 0 Å². The van der Waals surface area contributed by atoms with Gasteiger partial charge < -0.3 is 10.1 Å². The number of nitrogens with one attached hydrogen (secondary N) is 1. The summed E-state index contributed by atoms with van der Waals surface area (Å²) in [7, 11) is 0. The predicted molar refractivity (Wildman–Crippen MR) is 88.0 cm³/mol. The molecule has 0 aliphatic carbocycles. The third kappa shape index (κ3) is 3.54. The molecule has 0 aliphatic rings. The van der Waals surface area contributed by atoms with Crippen LogP contribution >= 0.6 is 11.3 Å². The largest absolute Gasteiger partial charge is 0.489 e. The van der Waals surface area contributed by atoms with E-state index in [4.69, 9.17) is 4.74 Å². The molecule has 0 amide bonds. The van der Waals surface area contributed by atoms with Gasteiger partial charge >= 0.3 is 0 Å². The van der Waals surface area contributed by atoms with E-state index in [0.29, 0.717) is 0 Å². The van der Waals surface area contributed by atoms with Gasteiger partial charge in [0.05, 0.1) is 11.8 Å². The van der Waals surface area contributed by atoms with Gasteiger partial charge in [0.15, 0.2) is 0 Å². The lowest BCUT2D eigenvalue weighted by molar-refractivity contribution is 0.243. The van der Waals surface area contributed by atoms with Crippen molar-refractivity contribution in [2.24, 2.45) is 0 Å². The van der Waals surface area contributed by atoms with Crippen molar-refractivity contribution in [3.63, 3.8) is 0 Å². The summed E-state index contributed by atoms with van der Waals surface area (Å²) in [5.41, 5.74) is 2.42. The van der Waals surface area contributed by atoms with Crippen LogP contribution in [0.1, 0.15) is 42.1 Å². The molecule has 1 heterocycles. The molecular formula is C17H23NOS. The van der Waals surface area contributed by atoms with Crippen LogP contribution in [0.4, 0.5) is 5.69 Å². The van der Waals surface area contributed by atoms with Crippen LogP contribution in [-0.4, -0.2) is 6.10 Å².